The van der Waals surface area contributed by atoms with Crippen molar-refractivity contribution >= 4 is 77.2 Å². The summed E-state index contributed by atoms with van der Waals surface area (Å²) in [5.74, 6) is 0. The monoisotopic (exact) mass is 612 g/mol. The molecule has 0 unspecified atom stereocenters. The Kier molecular flexibility index (Phi) is 6.84. The van der Waals surface area contributed by atoms with Crippen molar-refractivity contribution in [2.24, 2.45) is 0 Å². The van der Waals surface area contributed by atoms with Crippen molar-refractivity contribution in [3.05, 3.63) is 194 Å². The van der Waals surface area contributed by atoms with Gasteiger partial charge in [0.25, 0.3) is 0 Å². The van der Waals surface area contributed by atoms with Gasteiger partial charge >= 0.3 is 0 Å². The lowest BCUT2D eigenvalue weighted by Gasteiger charge is -2.30. The zero-order valence-electron chi connectivity index (χ0n) is 26.4. The molecule has 0 aliphatic rings. The molecule has 48 heavy (non-hydrogen) atoms. The normalized spacial score (nSPS) is 11.3. The van der Waals surface area contributed by atoms with Crippen molar-refractivity contribution in [1.82, 2.24) is 0 Å². The van der Waals surface area contributed by atoms with Gasteiger partial charge in [-0.15, -0.1) is 0 Å². The van der Waals surface area contributed by atoms with Gasteiger partial charge in [0.1, 0.15) is 0 Å². The van der Waals surface area contributed by atoms with Crippen LogP contribution in [0.2, 0.25) is 0 Å². The third-order valence-corrected chi connectivity index (χ3v) is 9.40. The average Bonchev–Trinajstić information content (AvgIpc) is 3.16. The number of anilines is 6. The Hall–Kier alpha value is -6.38. The van der Waals surface area contributed by atoms with Crippen LogP contribution in [0, 0.1) is 0 Å². The minimum Gasteiger partial charge on any atom is -0.309 e. The fourth-order valence-electron chi connectivity index (χ4n) is 7.18. The maximum absolute atomic E-state index is 2.41. The minimum atomic E-state index is 1.10. The highest BCUT2D eigenvalue weighted by molar-refractivity contribution is 6.06. The summed E-state index contributed by atoms with van der Waals surface area (Å²) < 4.78 is 0. The number of hydrogen-bond donors (Lipinski definition) is 0. The van der Waals surface area contributed by atoms with Crippen molar-refractivity contribution in [3.63, 3.8) is 0 Å². The molecule has 0 fully saturated rings. The van der Waals surface area contributed by atoms with E-state index in [9.17, 15) is 0 Å². The summed E-state index contributed by atoms with van der Waals surface area (Å²) in [6, 6.07) is 70.0. The van der Waals surface area contributed by atoms with Crippen LogP contribution in [-0.2, 0) is 0 Å². The summed E-state index contributed by atoms with van der Waals surface area (Å²) in [7, 11) is 0. The van der Waals surface area contributed by atoms with Gasteiger partial charge in [-0.3, -0.25) is 0 Å². The van der Waals surface area contributed by atoms with Gasteiger partial charge < -0.3 is 9.80 Å². The fraction of sp³-hybridized carbons (Fsp3) is 0. The molecule has 0 N–H and O–H groups in total. The summed E-state index contributed by atoms with van der Waals surface area (Å²) in [5.41, 5.74) is 6.80. The molecule has 9 rings (SSSR count). The van der Waals surface area contributed by atoms with Gasteiger partial charge in [0, 0.05) is 32.9 Å². The first-order valence-corrected chi connectivity index (χ1v) is 16.4. The van der Waals surface area contributed by atoms with E-state index in [2.05, 4.69) is 204 Å². The highest BCUT2D eigenvalue weighted by Gasteiger charge is 2.20. The van der Waals surface area contributed by atoms with Crippen LogP contribution in [0.25, 0.3) is 43.1 Å². The molecule has 0 aliphatic heterocycles. The lowest BCUT2D eigenvalue weighted by molar-refractivity contribution is 1.28. The predicted octanol–water partition coefficient (Wildman–Crippen LogP) is 13.2. The minimum absolute atomic E-state index is 1.10. The highest BCUT2D eigenvalue weighted by Crippen LogP contribution is 2.45. The zero-order chi connectivity index (χ0) is 31.9. The number of fused-ring (bicyclic) bond motifs is 4. The number of hydrogen-bond acceptors (Lipinski definition) is 2. The fourth-order valence-corrected chi connectivity index (χ4v) is 7.18. The van der Waals surface area contributed by atoms with Crippen LogP contribution < -0.4 is 9.80 Å². The molecule has 2 heteroatoms. The third kappa shape index (κ3) is 4.74. The molecule has 0 spiro atoms. The maximum atomic E-state index is 2.41. The first-order chi connectivity index (χ1) is 23.8. The SMILES string of the molecule is c1ccc2c(N(c3ccc(N(c4cccc5ccccc45)c4cccc5ccccc45)cc3)c3cccc4ccccc34)cccc2c1. The van der Waals surface area contributed by atoms with E-state index in [1.165, 1.54) is 43.1 Å². The Labute approximate surface area is 280 Å². The molecular weight excluding hydrogens is 581 g/mol. The predicted molar refractivity (Wildman–Crippen MR) is 206 cm³/mol. The molecule has 0 heterocycles. The molecule has 0 saturated carbocycles. The second kappa shape index (κ2) is 11.8. The number of rotatable bonds is 6. The van der Waals surface area contributed by atoms with Gasteiger partial charge in [0.05, 0.1) is 22.7 Å². The molecule has 0 atom stereocenters. The standard InChI is InChI=1S/C46H32N2/c1-5-21-39-33(13-1)17-9-25-43(39)47(44-26-10-18-34-14-2-6-22-40(34)44)37-29-31-38(32-30-37)48(45-27-11-19-35-15-3-7-23-41(35)45)46-28-12-20-36-16-4-8-24-42(36)46/h1-32H. The Morgan fingerprint density at radius 1 is 0.208 bits per heavy atom. The molecule has 0 aliphatic carbocycles. The molecule has 0 aromatic heterocycles. The molecule has 0 radical (unpaired) electrons. The van der Waals surface area contributed by atoms with E-state index in [1.54, 1.807) is 0 Å². The van der Waals surface area contributed by atoms with Gasteiger partial charge in [0.2, 0.25) is 0 Å². The maximum Gasteiger partial charge on any atom is 0.0540 e. The van der Waals surface area contributed by atoms with Crippen LogP contribution >= 0.6 is 0 Å². The average molecular weight is 613 g/mol. The van der Waals surface area contributed by atoms with Crippen LogP contribution in [0.3, 0.4) is 0 Å². The quantitative estimate of drug-likeness (QED) is 0.184. The summed E-state index contributed by atoms with van der Waals surface area (Å²) in [4.78, 5) is 4.82. The molecule has 0 amide bonds. The first kappa shape index (κ1) is 27.9. The van der Waals surface area contributed by atoms with Crippen molar-refractivity contribution in [2.75, 3.05) is 9.80 Å². The van der Waals surface area contributed by atoms with E-state index in [-0.39, 0.29) is 0 Å². The van der Waals surface area contributed by atoms with Crippen molar-refractivity contribution in [1.29, 1.82) is 0 Å². The summed E-state index contributed by atoms with van der Waals surface area (Å²) in [5, 5.41) is 9.72. The molecule has 226 valence electrons. The van der Waals surface area contributed by atoms with Crippen LogP contribution in [0.5, 0.6) is 0 Å². The second-order valence-corrected chi connectivity index (χ2v) is 12.2. The van der Waals surface area contributed by atoms with Crippen molar-refractivity contribution < 1.29 is 0 Å². The Bertz CT molecular complexity index is 2220. The van der Waals surface area contributed by atoms with E-state index in [0.29, 0.717) is 0 Å². The van der Waals surface area contributed by atoms with E-state index in [0.717, 1.165) is 34.1 Å². The molecule has 2 nitrogen and oxygen atoms in total. The van der Waals surface area contributed by atoms with E-state index < -0.39 is 0 Å². The third-order valence-electron chi connectivity index (χ3n) is 9.40. The zero-order valence-corrected chi connectivity index (χ0v) is 26.4. The van der Waals surface area contributed by atoms with E-state index in [4.69, 9.17) is 0 Å². The van der Waals surface area contributed by atoms with Crippen LogP contribution in [0.15, 0.2) is 194 Å². The van der Waals surface area contributed by atoms with Crippen molar-refractivity contribution in [3.8, 4) is 0 Å². The first-order valence-electron chi connectivity index (χ1n) is 16.4. The number of nitrogens with zero attached hydrogens (tertiary/aromatic N) is 2. The second-order valence-electron chi connectivity index (χ2n) is 12.2. The lowest BCUT2D eigenvalue weighted by Crippen LogP contribution is -2.13. The molecule has 0 saturated heterocycles. The summed E-state index contributed by atoms with van der Waals surface area (Å²) >= 11 is 0. The Morgan fingerprint density at radius 3 is 0.708 bits per heavy atom. The Morgan fingerprint density at radius 2 is 0.438 bits per heavy atom. The van der Waals surface area contributed by atoms with Crippen molar-refractivity contribution in [2.45, 2.75) is 0 Å². The van der Waals surface area contributed by atoms with Gasteiger partial charge in [0.15, 0.2) is 0 Å². The van der Waals surface area contributed by atoms with Gasteiger partial charge in [-0.1, -0.05) is 146 Å². The van der Waals surface area contributed by atoms with Gasteiger partial charge in [-0.2, -0.15) is 0 Å². The van der Waals surface area contributed by atoms with Crippen LogP contribution in [0.1, 0.15) is 0 Å². The van der Waals surface area contributed by atoms with E-state index >= 15 is 0 Å². The van der Waals surface area contributed by atoms with E-state index in [1.807, 2.05) is 0 Å². The molecule has 9 aromatic carbocycles. The lowest BCUT2D eigenvalue weighted by atomic mass is 10.0. The van der Waals surface area contributed by atoms with Gasteiger partial charge in [-0.05, 0) is 70.1 Å². The summed E-state index contributed by atoms with van der Waals surface area (Å²) in [6.45, 7) is 0. The molecular formula is C46H32N2. The number of benzene rings is 9. The summed E-state index contributed by atoms with van der Waals surface area (Å²) in [6.07, 6.45) is 0. The largest absolute Gasteiger partial charge is 0.309 e. The molecule has 9 aromatic rings. The highest BCUT2D eigenvalue weighted by atomic mass is 15.2. The topological polar surface area (TPSA) is 6.48 Å². The van der Waals surface area contributed by atoms with Crippen LogP contribution in [-0.4, -0.2) is 0 Å². The van der Waals surface area contributed by atoms with Gasteiger partial charge in [-0.25, -0.2) is 0 Å². The molecule has 0 bridgehead atoms. The van der Waals surface area contributed by atoms with Crippen LogP contribution in [0.4, 0.5) is 34.1 Å². The Balaban J connectivity index is 1.26. The smallest absolute Gasteiger partial charge is 0.0540 e.